The second kappa shape index (κ2) is 6.80. The highest BCUT2D eigenvalue weighted by Crippen LogP contribution is 2.57. The number of rotatable bonds is 5. The standard InChI is InChI=1S/C29H34N/c1-6-9-11-22-12-10-13-24-23(22)14-17-30-27(24)25-18-20(4)21(5)19-26(25)28(7-2)15-16-29(28,30)8-3/h10,12-19H,6-9,11H2,1-5H3/q+1. The fraction of sp³-hybridized carbons (Fsp3) is 0.414. The molecule has 0 spiro atoms. The second-order valence-electron chi connectivity index (χ2n) is 9.43. The number of pyridine rings is 1. The van der Waals surface area contributed by atoms with Crippen molar-refractivity contribution in [3.8, 4) is 11.3 Å². The van der Waals surface area contributed by atoms with Gasteiger partial charge in [0.05, 0.1) is 16.4 Å². The van der Waals surface area contributed by atoms with E-state index >= 15 is 0 Å². The third-order valence-corrected chi connectivity index (χ3v) is 8.19. The lowest BCUT2D eigenvalue weighted by Gasteiger charge is -2.52. The molecule has 1 heteroatoms. The molecule has 1 aliphatic carbocycles. The predicted molar refractivity (Wildman–Crippen MR) is 127 cm³/mol. The molecule has 30 heavy (non-hydrogen) atoms. The normalized spacial score (nSPS) is 23.6. The SMILES string of the molecule is CCCCc1cccc2c3[n+](ccc12)C1(CC)C=CC1(CC)c1cc(C)c(C)cc1-3. The third-order valence-electron chi connectivity index (χ3n) is 8.19. The Bertz CT molecular complexity index is 1180. The van der Waals surface area contributed by atoms with Gasteiger partial charge < -0.3 is 0 Å². The maximum atomic E-state index is 2.62. The Morgan fingerprint density at radius 1 is 0.867 bits per heavy atom. The predicted octanol–water partition coefficient (Wildman–Crippen LogP) is 7.09. The molecule has 0 fully saturated rings. The van der Waals surface area contributed by atoms with Crippen LogP contribution in [0.25, 0.3) is 22.0 Å². The maximum absolute atomic E-state index is 2.62. The van der Waals surface area contributed by atoms with Crippen molar-refractivity contribution in [2.45, 2.75) is 77.7 Å². The molecule has 2 heterocycles. The number of hydrogen-bond donors (Lipinski definition) is 0. The highest BCUT2D eigenvalue weighted by atomic mass is 15.1. The number of allylic oxidation sites excluding steroid dienone is 2. The monoisotopic (exact) mass is 396 g/mol. The lowest BCUT2D eigenvalue weighted by Crippen LogP contribution is -2.72. The van der Waals surface area contributed by atoms with E-state index < -0.39 is 0 Å². The van der Waals surface area contributed by atoms with E-state index in [1.54, 1.807) is 0 Å². The summed E-state index contributed by atoms with van der Waals surface area (Å²) >= 11 is 0. The first-order valence-corrected chi connectivity index (χ1v) is 11.8. The van der Waals surface area contributed by atoms with Gasteiger partial charge in [-0.15, -0.1) is 0 Å². The van der Waals surface area contributed by atoms with Crippen molar-refractivity contribution in [3.63, 3.8) is 0 Å². The fourth-order valence-corrected chi connectivity index (χ4v) is 6.26. The first kappa shape index (κ1) is 19.5. The molecule has 5 rings (SSSR count). The van der Waals surface area contributed by atoms with Gasteiger partial charge in [-0.2, -0.15) is 4.57 Å². The van der Waals surface area contributed by atoms with E-state index in [2.05, 4.69) is 93.9 Å². The first-order chi connectivity index (χ1) is 14.5. The first-order valence-electron chi connectivity index (χ1n) is 11.8. The Kier molecular flexibility index (Phi) is 4.43. The van der Waals surface area contributed by atoms with E-state index in [4.69, 9.17) is 0 Å². The maximum Gasteiger partial charge on any atom is 0.221 e. The molecule has 2 atom stereocenters. The van der Waals surface area contributed by atoms with Crippen molar-refractivity contribution in [3.05, 3.63) is 77.0 Å². The van der Waals surface area contributed by atoms with Crippen LogP contribution in [0.4, 0.5) is 0 Å². The van der Waals surface area contributed by atoms with Crippen LogP contribution in [0.15, 0.2) is 54.7 Å². The molecule has 1 nitrogen and oxygen atoms in total. The van der Waals surface area contributed by atoms with Crippen LogP contribution < -0.4 is 4.57 Å². The van der Waals surface area contributed by atoms with Crippen LogP contribution in [0.1, 0.15) is 68.7 Å². The van der Waals surface area contributed by atoms with Gasteiger partial charge in [0.25, 0.3) is 0 Å². The summed E-state index contributed by atoms with van der Waals surface area (Å²) in [4.78, 5) is 0. The van der Waals surface area contributed by atoms with Crippen LogP contribution >= 0.6 is 0 Å². The molecule has 2 unspecified atom stereocenters. The Morgan fingerprint density at radius 2 is 1.67 bits per heavy atom. The number of benzene rings is 2. The molecule has 154 valence electrons. The fourth-order valence-electron chi connectivity index (χ4n) is 6.26. The molecular formula is C29H34N+. The molecule has 0 amide bonds. The van der Waals surface area contributed by atoms with Gasteiger partial charge in [-0.1, -0.05) is 51.5 Å². The highest BCUT2D eigenvalue weighted by Gasteiger charge is 2.64. The van der Waals surface area contributed by atoms with Crippen LogP contribution in [0.3, 0.4) is 0 Å². The van der Waals surface area contributed by atoms with Gasteiger partial charge in [0, 0.05) is 12.5 Å². The number of nitrogens with zero attached hydrogens (tertiary/aromatic N) is 1. The molecule has 0 N–H and O–H groups in total. The van der Waals surface area contributed by atoms with Crippen molar-refractivity contribution in [1.82, 2.24) is 0 Å². The van der Waals surface area contributed by atoms with Crippen LogP contribution in [0, 0.1) is 13.8 Å². The molecule has 0 saturated heterocycles. The van der Waals surface area contributed by atoms with E-state index in [0.29, 0.717) is 0 Å². The zero-order valence-corrected chi connectivity index (χ0v) is 19.2. The van der Waals surface area contributed by atoms with E-state index in [0.717, 1.165) is 19.3 Å². The Hall–Kier alpha value is -2.41. The van der Waals surface area contributed by atoms with Gasteiger partial charge in [0.2, 0.25) is 5.69 Å². The summed E-state index contributed by atoms with van der Waals surface area (Å²) in [5, 5.41) is 2.84. The topological polar surface area (TPSA) is 3.88 Å². The van der Waals surface area contributed by atoms with Crippen molar-refractivity contribution in [2.24, 2.45) is 0 Å². The molecule has 3 aromatic rings. The van der Waals surface area contributed by atoms with Crippen molar-refractivity contribution < 1.29 is 4.57 Å². The summed E-state index contributed by atoms with van der Waals surface area (Å²) in [6.07, 6.45) is 13.2. The molecule has 0 saturated carbocycles. The second-order valence-corrected chi connectivity index (χ2v) is 9.43. The zero-order valence-electron chi connectivity index (χ0n) is 19.2. The Balaban J connectivity index is 1.90. The number of fused-ring (bicyclic) bond motifs is 8. The van der Waals surface area contributed by atoms with Gasteiger partial charge >= 0.3 is 0 Å². The van der Waals surface area contributed by atoms with Crippen LogP contribution in [0.5, 0.6) is 0 Å². The Morgan fingerprint density at radius 3 is 2.33 bits per heavy atom. The molecule has 1 aromatic heterocycles. The minimum Gasteiger partial charge on any atom is -0.187 e. The molecular weight excluding hydrogens is 362 g/mol. The van der Waals surface area contributed by atoms with Crippen molar-refractivity contribution in [1.29, 1.82) is 0 Å². The lowest BCUT2D eigenvalue weighted by atomic mass is 9.52. The number of unbranched alkanes of at least 4 members (excludes halogenated alkanes) is 1. The minimum absolute atomic E-state index is 0.0411. The summed E-state index contributed by atoms with van der Waals surface area (Å²) in [5.41, 5.74) is 8.81. The van der Waals surface area contributed by atoms with Gasteiger partial charge in [0.15, 0.2) is 11.7 Å². The molecule has 0 radical (unpaired) electrons. The number of aryl methyl sites for hydroxylation is 3. The Labute approximate surface area is 181 Å². The zero-order chi connectivity index (χ0) is 21.1. The number of hydrogen-bond acceptors (Lipinski definition) is 0. The summed E-state index contributed by atoms with van der Waals surface area (Å²) in [7, 11) is 0. The van der Waals surface area contributed by atoms with Gasteiger partial charge in [-0.3, -0.25) is 0 Å². The lowest BCUT2D eigenvalue weighted by molar-refractivity contribution is -0.758. The van der Waals surface area contributed by atoms with Crippen LogP contribution in [-0.4, -0.2) is 0 Å². The molecule has 2 aromatic carbocycles. The van der Waals surface area contributed by atoms with E-state index in [-0.39, 0.29) is 11.0 Å². The summed E-state index contributed by atoms with van der Waals surface area (Å²) in [6.45, 7) is 11.5. The van der Waals surface area contributed by atoms with E-state index in [9.17, 15) is 0 Å². The van der Waals surface area contributed by atoms with Crippen LogP contribution in [-0.2, 0) is 17.4 Å². The van der Waals surface area contributed by atoms with E-state index in [1.807, 2.05) is 0 Å². The van der Waals surface area contributed by atoms with Gasteiger partial charge in [-0.05, 0) is 79.0 Å². The summed E-state index contributed by atoms with van der Waals surface area (Å²) in [5.74, 6) is 0. The van der Waals surface area contributed by atoms with E-state index in [1.165, 1.54) is 57.1 Å². The van der Waals surface area contributed by atoms with Crippen LogP contribution in [0.2, 0.25) is 0 Å². The molecule has 1 aliphatic heterocycles. The smallest absolute Gasteiger partial charge is 0.187 e. The molecule has 0 bridgehead atoms. The highest BCUT2D eigenvalue weighted by molar-refractivity contribution is 5.96. The average molecular weight is 397 g/mol. The molecule has 2 aliphatic rings. The number of aromatic nitrogens is 1. The minimum atomic E-state index is 0.0411. The van der Waals surface area contributed by atoms with Crippen molar-refractivity contribution in [2.75, 3.05) is 0 Å². The van der Waals surface area contributed by atoms with Crippen molar-refractivity contribution >= 4 is 10.8 Å². The summed E-state index contributed by atoms with van der Waals surface area (Å²) in [6, 6.07) is 14.3. The third kappa shape index (κ3) is 2.27. The quantitative estimate of drug-likeness (QED) is 0.320. The van der Waals surface area contributed by atoms with Gasteiger partial charge in [-0.25, -0.2) is 0 Å². The average Bonchev–Trinajstić information content (AvgIpc) is 2.74. The summed E-state index contributed by atoms with van der Waals surface area (Å²) < 4.78 is 2.62. The largest absolute Gasteiger partial charge is 0.221 e. The van der Waals surface area contributed by atoms with Gasteiger partial charge in [0.1, 0.15) is 0 Å².